The average Bonchev–Trinajstić information content (AvgIpc) is 3.86. The van der Waals surface area contributed by atoms with Gasteiger partial charge in [0.2, 0.25) is 0 Å². The molecule has 0 spiro atoms. The lowest BCUT2D eigenvalue weighted by Crippen LogP contribution is -2.52. The number of thiophene rings is 1. The highest BCUT2D eigenvalue weighted by Crippen LogP contribution is 2.42. The smallest absolute Gasteiger partial charge is 0.135 e. The summed E-state index contributed by atoms with van der Waals surface area (Å²) in [6.07, 6.45) is 1.67. The van der Waals surface area contributed by atoms with Gasteiger partial charge in [-0.05, 0) is 48.0 Å². The molecule has 11 rings (SSSR count). The van der Waals surface area contributed by atoms with Crippen LogP contribution in [-0.4, -0.2) is 16.6 Å². The van der Waals surface area contributed by atoms with E-state index in [1.54, 1.807) is 0 Å². The first-order valence-corrected chi connectivity index (χ1v) is 18.1. The zero-order valence-corrected chi connectivity index (χ0v) is 28.2. The number of nitrogens with zero attached hydrogens (tertiary/aromatic N) is 2. The van der Waals surface area contributed by atoms with Gasteiger partial charge in [0.25, 0.3) is 0 Å². The second kappa shape index (κ2) is 11.2. The molecule has 244 valence electrons. The van der Waals surface area contributed by atoms with Crippen molar-refractivity contribution in [3.8, 4) is 5.69 Å². The maximum absolute atomic E-state index is 6.58. The molecule has 7 heteroatoms. The monoisotopic (exact) mass is 677 g/mol. The Bertz CT molecular complexity index is 2880. The van der Waals surface area contributed by atoms with Crippen LogP contribution in [0.3, 0.4) is 0 Å². The lowest BCUT2D eigenvalue weighted by Gasteiger charge is -2.34. The van der Waals surface area contributed by atoms with E-state index in [1.165, 1.54) is 42.0 Å². The molecule has 3 aromatic heterocycles. The third kappa shape index (κ3) is 4.49. The quantitative estimate of drug-likeness (QED) is 0.174. The Morgan fingerprint density at radius 1 is 0.667 bits per heavy atom. The zero-order chi connectivity index (χ0) is 33.5. The molecule has 2 unspecified atom stereocenters. The first-order chi connectivity index (χ1) is 25.3. The van der Waals surface area contributed by atoms with E-state index in [2.05, 4.69) is 154 Å². The zero-order valence-electron chi connectivity index (χ0n) is 27.4. The molecule has 2 aliphatic heterocycles. The lowest BCUT2D eigenvalue weighted by molar-refractivity contribution is 0.455. The summed E-state index contributed by atoms with van der Waals surface area (Å²) >= 11 is 1.86. The fraction of sp³-hybridized carbons (Fsp3) is 0.0682. The summed E-state index contributed by atoms with van der Waals surface area (Å²) in [7, 11) is 0. The molecule has 0 aliphatic carbocycles. The van der Waals surface area contributed by atoms with Crippen molar-refractivity contribution in [2.24, 2.45) is 4.99 Å². The molecule has 5 heterocycles. The molecule has 2 aliphatic rings. The number of para-hydroxylation sites is 1. The Kier molecular flexibility index (Phi) is 6.29. The first kappa shape index (κ1) is 28.7. The van der Waals surface area contributed by atoms with Gasteiger partial charge in [-0.3, -0.25) is 5.32 Å². The van der Waals surface area contributed by atoms with E-state index < -0.39 is 0 Å². The summed E-state index contributed by atoms with van der Waals surface area (Å²) in [5.41, 5.74) is 8.74. The number of nitrogens with one attached hydrogen (secondary N) is 3. The maximum Gasteiger partial charge on any atom is 0.135 e. The molecule has 0 amide bonds. The SMILES string of the molecule is C1=C(C2NC(c3ccccc3)=NC(c3ccccc3)N2)c2c(oc3ccc(-n4c5ccccc5c5cc6c(cc54)sc4ccccc46)cc23)CN1. The van der Waals surface area contributed by atoms with Crippen LogP contribution in [0.5, 0.6) is 0 Å². The Balaban J connectivity index is 1.07. The van der Waals surface area contributed by atoms with Crippen LogP contribution < -0.4 is 16.0 Å². The average molecular weight is 678 g/mol. The van der Waals surface area contributed by atoms with Crippen molar-refractivity contribution in [1.29, 1.82) is 0 Å². The summed E-state index contributed by atoms with van der Waals surface area (Å²) in [5, 5.41) is 17.3. The van der Waals surface area contributed by atoms with Gasteiger partial charge in [0, 0.05) is 64.9 Å². The fourth-order valence-corrected chi connectivity index (χ4v) is 9.12. The van der Waals surface area contributed by atoms with Crippen molar-refractivity contribution in [3.63, 3.8) is 0 Å². The van der Waals surface area contributed by atoms with Crippen molar-refractivity contribution in [3.05, 3.63) is 168 Å². The standard InChI is InChI=1S/C44H31N5OS/c1-3-11-26(12-4-1)42-46-43(27-13-5-2-6-14-27)48-44(47-42)34-24-45-25-38-41(34)33-21-28(19-20-37(33)50-38)49-35-17-9-7-15-29(35)31-22-32-30-16-8-10-18-39(30)51-40(32)23-36(31)49/h1-24,42,44-45,47H,25H2,(H,46,48). The van der Waals surface area contributed by atoms with Crippen molar-refractivity contribution < 1.29 is 4.42 Å². The second-order valence-corrected chi connectivity index (χ2v) is 14.4. The third-order valence-electron chi connectivity index (χ3n) is 10.3. The molecule has 0 bridgehead atoms. The summed E-state index contributed by atoms with van der Waals surface area (Å²) in [5.74, 6) is 1.78. The predicted molar refractivity (Wildman–Crippen MR) is 210 cm³/mol. The second-order valence-electron chi connectivity index (χ2n) is 13.3. The number of fused-ring (bicyclic) bond motifs is 9. The summed E-state index contributed by atoms with van der Waals surface area (Å²) in [6.45, 7) is 0.622. The highest BCUT2D eigenvalue weighted by atomic mass is 32.1. The molecule has 51 heavy (non-hydrogen) atoms. The number of benzene rings is 6. The summed E-state index contributed by atoms with van der Waals surface area (Å²) < 4.78 is 11.6. The minimum absolute atomic E-state index is 0.226. The molecule has 0 saturated heterocycles. The van der Waals surface area contributed by atoms with Gasteiger partial charge in [-0.2, -0.15) is 0 Å². The number of hydrogen-bond donors (Lipinski definition) is 3. The molecule has 0 fully saturated rings. The lowest BCUT2D eigenvalue weighted by atomic mass is 9.96. The van der Waals surface area contributed by atoms with Gasteiger partial charge in [0.1, 0.15) is 29.5 Å². The van der Waals surface area contributed by atoms with Crippen LogP contribution in [0.1, 0.15) is 28.6 Å². The number of aromatic nitrogens is 1. The Labute approximate surface area is 297 Å². The summed E-state index contributed by atoms with van der Waals surface area (Å²) in [6, 6.07) is 49.7. The minimum Gasteiger partial charge on any atom is -0.459 e. The van der Waals surface area contributed by atoms with Gasteiger partial charge in [-0.25, -0.2) is 4.99 Å². The molecule has 6 aromatic carbocycles. The van der Waals surface area contributed by atoms with Crippen LogP contribution in [0.15, 0.2) is 155 Å². The Morgan fingerprint density at radius 2 is 1.45 bits per heavy atom. The Morgan fingerprint density at radius 3 is 2.33 bits per heavy atom. The van der Waals surface area contributed by atoms with E-state index in [4.69, 9.17) is 9.41 Å². The molecule has 2 atom stereocenters. The maximum atomic E-state index is 6.58. The van der Waals surface area contributed by atoms with E-state index >= 15 is 0 Å². The Hall–Kier alpha value is -6.15. The van der Waals surface area contributed by atoms with Gasteiger partial charge in [-0.1, -0.05) is 97.1 Å². The van der Waals surface area contributed by atoms with E-state index in [9.17, 15) is 0 Å². The number of hydrogen-bond acceptors (Lipinski definition) is 6. The molecule has 6 nitrogen and oxygen atoms in total. The normalized spacial score (nSPS) is 17.4. The molecule has 0 saturated carbocycles. The minimum atomic E-state index is -0.228. The van der Waals surface area contributed by atoms with Gasteiger partial charge in [0.15, 0.2) is 0 Å². The molecule has 9 aromatic rings. The number of aliphatic imine (C=N–C) groups is 1. The van der Waals surface area contributed by atoms with Crippen molar-refractivity contribution in [2.45, 2.75) is 18.9 Å². The van der Waals surface area contributed by atoms with Crippen LogP contribution in [-0.2, 0) is 6.54 Å². The first-order valence-electron chi connectivity index (χ1n) is 17.3. The van der Waals surface area contributed by atoms with E-state index in [-0.39, 0.29) is 12.3 Å². The molecule has 0 radical (unpaired) electrons. The summed E-state index contributed by atoms with van der Waals surface area (Å²) in [4.78, 5) is 5.14. The van der Waals surface area contributed by atoms with Crippen LogP contribution in [0.25, 0.3) is 64.2 Å². The molecule has 3 N–H and O–H groups in total. The predicted octanol–water partition coefficient (Wildman–Crippen LogP) is 10.0. The number of rotatable bonds is 4. The van der Waals surface area contributed by atoms with E-state index in [0.717, 1.165) is 50.5 Å². The fourth-order valence-electron chi connectivity index (χ4n) is 8.00. The van der Waals surface area contributed by atoms with E-state index in [1.807, 2.05) is 23.5 Å². The van der Waals surface area contributed by atoms with Gasteiger partial charge in [0.05, 0.1) is 17.6 Å². The van der Waals surface area contributed by atoms with Crippen LogP contribution >= 0.6 is 11.3 Å². The third-order valence-corrected chi connectivity index (χ3v) is 11.5. The van der Waals surface area contributed by atoms with Crippen molar-refractivity contribution in [2.75, 3.05) is 0 Å². The van der Waals surface area contributed by atoms with E-state index in [0.29, 0.717) is 6.54 Å². The van der Waals surface area contributed by atoms with Crippen LogP contribution in [0, 0.1) is 0 Å². The van der Waals surface area contributed by atoms with Gasteiger partial charge >= 0.3 is 0 Å². The van der Waals surface area contributed by atoms with Crippen molar-refractivity contribution in [1.82, 2.24) is 20.5 Å². The van der Waals surface area contributed by atoms with Crippen LogP contribution in [0.2, 0.25) is 0 Å². The van der Waals surface area contributed by atoms with Gasteiger partial charge < -0.3 is 19.6 Å². The van der Waals surface area contributed by atoms with Crippen molar-refractivity contribution >= 4 is 75.7 Å². The topological polar surface area (TPSA) is 66.5 Å². The van der Waals surface area contributed by atoms with Crippen LogP contribution in [0.4, 0.5) is 0 Å². The largest absolute Gasteiger partial charge is 0.459 e. The molecular weight excluding hydrogens is 647 g/mol. The number of amidine groups is 1. The molecular formula is C44H31N5OS. The number of furan rings is 1. The highest BCUT2D eigenvalue weighted by Gasteiger charge is 2.32. The highest BCUT2D eigenvalue weighted by molar-refractivity contribution is 7.25. The van der Waals surface area contributed by atoms with Gasteiger partial charge in [-0.15, -0.1) is 11.3 Å².